The molecular weight excluding hydrogens is 310 g/mol. The third-order valence-corrected chi connectivity index (χ3v) is 4.22. The van der Waals surface area contributed by atoms with Crippen LogP contribution in [0, 0.1) is 18.3 Å². The summed E-state index contributed by atoms with van der Waals surface area (Å²) < 4.78 is 0. The molecule has 1 heterocycles. The third kappa shape index (κ3) is 3.58. The molecule has 116 valence electrons. The summed E-state index contributed by atoms with van der Waals surface area (Å²) in [5.41, 5.74) is 7.74. The second-order valence-corrected chi connectivity index (χ2v) is 5.88. The van der Waals surface area contributed by atoms with Crippen molar-refractivity contribution >= 4 is 23.5 Å². The molecule has 2 rings (SSSR count). The fourth-order valence-electron chi connectivity index (χ4n) is 2.35. The number of pyridine rings is 1. The number of hydrogen-bond donors (Lipinski definition) is 1. The van der Waals surface area contributed by atoms with E-state index in [9.17, 15) is 14.9 Å². The summed E-state index contributed by atoms with van der Waals surface area (Å²) in [6.45, 7) is 3.17. The summed E-state index contributed by atoms with van der Waals surface area (Å²) in [5, 5.41) is 10.0. The number of rotatable bonds is 5. The monoisotopic (exact) mass is 325 g/mol. The average Bonchev–Trinajstić information content (AvgIpc) is 2.52. The first-order valence-corrected chi connectivity index (χ1v) is 7.86. The fraction of sp³-hybridized carbons (Fsp3) is 0.176. The van der Waals surface area contributed by atoms with Crippen molar-refractivity contribution in [1.29, 1.82) is 5.26 Å². The number of ketones is 1. The minimum absolute atomic E-state index is 0.0226. The van der Waals surface area contributed by atoms with Crippen LogP contribution in [-0.2, 0) is 4.79 Å². The molecule has 0 aliphatic carbocycles. The lowest BCUT2D eigenvalue weighted by Gasteiger charge is -2.15. The van der Waals surface area contributed by atoms with Gasteiger partial charge < -0.3 is 5.73 Å². The van der Waals surface area contributed by atoms with E-state index in [1.165, 1.54) is 6.92 Å². The standard InChI is InChI=1S/C17H15N3O2S/c1-10-15(11(2)21)16(12-6-4-3-5-7-12)13(8-18)17(20-10)23-9-14(19)22/h3-7H,9H2,1-2H3,(H2,19,22). The second-order valence-electron chi connectivity index (χ2n) is 4.92. The molecule has 2 N–H and O–H groups in total. The van der Waals surface area contributed by atoms with Gasteiger partial charge in [-0.2, -0.15) is 5.26 Å². The van der Waals surface area contributed by atoms with Crippen molar-refractivity contribution in [3.63, 3.8) is 0 Å². The Hall–Kier alpha value is -2.65. The highest BCUT2D eigenvalue weighted by atomic mass is 32.2. The van der Waals surface area contributed by atoms with E-state index in [0.29, 0.717) is 27.4 Å². The lowest BCUT2D eigenvalue weighted by Crippen LogP contribution is -2.14. The molecule has 23 heavy (non-hydrogen) atoms. The highest BCUT2D eigenvalue weighted by Gasteiger charge is 2.22. The summed E-state index contributed by atoms with van der Waals surface area (Å²) in [5.74, 6) is -0.624. The predicted molar refractivity (Wildman–Crippen MR) is 89.0 cm³/mol. The topological polar surface area (TPSA) is 96.8 Å². The Morgan fingerprint density at radius 3 is 2.48 bits per heavy atom. The zero-order valence-corrected chi connectivity index (χ0v) is 13.6. The van der Waals surface area contributed by atoms with Gasteiger partial charge in [-0.1, -0.05) is 42.1 Å². The van der Waals surface area contributed by atoms with Crippen LogP contribution in [0.3, 0.4) is 0 Å². The first-order valence-electron chi connectivity index (χ1n) is 6.87. The number of carbonyl (C=O) groups is 2. The van der Waals surface area contributed by atoms with Gasteiger partial charge in [0.15, 0.2) is 5.78 Å². The largest absolute Gasteiger partial charge is 0.369 e. The number of nitrogens with zero attached hydrogens (tertiary/aromatic N) is 2. The highest BCUT2D eigenvalue weighted by Crippen LogP contribution is 2.34. The Morgan fingerprint density at radius 1 is 1.30 bits per heavy atom. The molecule has 0 unspecified atom stereocenters. The number of nitrogens with two attached hydrogens (primary N) is 1. The maximum absolute atomic E-state index is 12.1. The van der Waals surface area contributed by atoms with E-state index >= 15 is 0 Å². The molecule has 1 aromatic heterocycles. The summed E-state index contributed by atoms with van der Waals surface area (Å²) in [7, 11) is 0. The van der Waals surface area contributed by atoms with E-state index in [1.807, 2.05) is 30.3 Å². The van der Waals surface area contributed by atoms with E-state index in [4.69, 9.17) is 5.73 Å². The smallest absolute Gasteiger partial charge is 0.227 e. The van der Waals surface area contributed by atoms with Gasteiger partial charge in [-0.25, -0.2) is 4.98 Å². The van der Waals surface area contributed by atoms with Crippen LogP contribution in [0.4, 0.5) is 0 Å². The lowest BCUT2D eigenvalue weighted by atomic mass is 9.93. The van der Waals surface area contributed by atoms with Crippen molar-refractivity contribution in [2.45, 2.75) is 18.9 Å². The zero-order chi connectivity index (χ0) is 17.0. The normalized spacial score (nSPS) is 10.1. The Balaban J connectivity index is 2.76. The first kappa shape index (κ1) is 16.7. The van der Waals surface area contributed by atoms with Crippen LogP contribution < -0.4 is 5.73 Å². The Morgan fingerprint density at radius 2 is 1.96 bits per heavy atom. The molecule has 6 heteroatoms. The molecule has 0 atom stereocenters. The molecule has 1 amide bonds. The number of benzene rings is 1. The summed E-state index contributed by atoms with van der Waals surface area (Å²) in [6.07, 6.45) is 0. The Kier molecular flexibility index (Phi) is 5.14. The zero-order valence-electron chi connectivity index (χ0n) is 12.8. The van der Waals surface area contributed by atoms with Crippen molar-refractivity contribution in [3.05, 3.63) is 47.2 Å². The summed E-state index contributed by atoms with van der Waals surface area (Å²) >= 11 is 1.10. The molecular formula is C17H15N3O2S. The van der Waals surface area contributed by atoms with Crippen LogP contribution in [0.25, 0.3) is 11.1 Å². The molecule has 5 nitrogen and oxygen atoms in total. The quantitative estimate of drug-likeness (QED) is 0.673. The molecule has 0 aliphatic heterocycles. The van der Waals surface area contributed by atoms with E-state index in [1.54, 1.807) is 6.92 Å². The van der Waals surface area contributed by atoms with Gasteiger partial charge in [0.05, 0.1) is 17.0 Å². The molecule has 0 spiro atoms. The van der Waals surface area contributed by atoms with Crippen LogP contribution in [-0.4, -0.2) is 22.4 Å². The number of aryl methyl sites for hydroxylation is 1. The van der Waals surface area contributed by atoms with Gasteiger partial charge in [-0.05, 0) is 19.4 Å². The van der Waals surface area contributed by atoms with Crippen LogP contribution in [0.2, 0.25) is 0 Å². The average molecular weight is 325 g/mol. The number of thioether (sulfide) groups is 1. The number of nitriles is 1. The molecule has 0 fully saturated rings. The van der Waals surface area contributed by atoms with Gasteiger partial charge in [-0.3, -0.25) is 9.59 Å². The maximum Gasteiger partial charge on any atom is 0.227 e. The van der Waals surface area contributed by atoms with Crippen LogP contribution in [0.1, 0.15) is 28.5 Å². The van der Waals surface area contributed by atoms with Gasteiger partial charge in [-0.15, -0.1) is 0 Å². The molecule has 0 bridgehead atoms. The van der Waals surface area contributed by atoms with Crippen molar-refractivity contribution in [3.8, 4) is 17.2 Å². The predicted octanol–water partition coefficient (Wildman–Crippen LogP) is 2.71. The van der Waals surface area contributed by atoms with Crippen molar-refractivity contribution in [2.24, 2.45) is 5.73 Å². The number of primary amides is 1. The van der Waals surface area contributed by atoms with Gasteiger partial charge in [0.1, 0.15) is 11.1 Å². The SMILES string of the molecule is CC(=O)c1c(C)nc(SCC(N)=O)c(C#N)c1-c1ccccc1. The maximum atomic E-state index is 12.1. The number of Topliss-reactive ketones (excluding diaryl/α,β-unsaturated/α-hetero) is 1. The van der Waals surface area contributed by atoms with E-state index in [0.717, 1.165) is 17.3 Å². The minimum Gasteiger partial charge on any atom is -0.369 e. The third-order valence-electron chi connectivity index (χ3n) is 3.22. The van der Waals surface area contributed by atoms with E-state index in [-0.39, 0.29) is 11.5 Å². The van der Waals surface area contributed by atoms with Gasteiger partial charge in [0.2, 0.25) is 5.91 Å². The molecule has 0 aliphatic rings. The molecule has 0 radical (unpaired) electrons. The van der Waals surface area contributed by atoms with E-state index < -0.39 is 5.91 Å². The van der Waals surface area contributed by atoms with Crippen LogP contribution in [0.15, 0.2) is 35.4 Å². The Labute approximate surface area is 138 Å². The number of amides is 1. The lowest BCUT2D eigenvalue weighted by molar-refractivity contribution is -0.115. The minimum atomic E-state index is -0.491. The Bertz CT molecular complexity index is 811. The number of aromatic nitrogens is 1. The molecule has 0 saturated carbocycles. The van der Waals surface area contributed by atoms with Crippen LogP contribution >= 0.6 is 11.8 Å². The molecule has 1 aromatic carbocycles. The van der Waals surface area contributed by atoms with E-state index in [2.05, 4.69) is 11.1 Å². The van der Waals surface area contributed by atoms with Crippen LogP contribution in [0.5, 0.6) is 0 Å². The fourth-order valence-corrected chi connectivity index (χ4v) is 3.12. The van der Waals surface area contributed by atoms with Gasteiger partial charge in [0, 0.05) is 11.1 Å². The van der Waals surface area contributed by atoms with Gasteiger partial charge in [0.25, 0.3) is 0 Å². The van der Waals surface area contributed by atoms with Crippen molar-refractivity contribution in [1.82, 2.24) is 4.98 Å². The first-order chi connectivity index (χ1) is 11.0. The summed E-state index contributed by atoms with van der Waals surface area (Å²) in [6, 6.07) is 11.3. The second kappa shape index (κ2) is 7.07. The highest BCUT2D eigenvalue weighted by molar-refractivity contribution is 8.00. The van der Waals surface area contributed by atoms with Crippen molar-refractivity contribution < 1.29 is 9.59 Å². The van der Waals surface area contributed by atoms with Gasteiger partial charge >= 0.3 is 0 Å². The molecule has 2 aromatic rings. The summed E-state index contributed by atoms with van der Waals surface area (Å²) in [4.78, 5) is 27.4. The number of hydrogen-bond acceptors (Lipinski definition) is 5. The van der Waals surface area contributed by atoms with Crippen molar-refractivity contribution in [2.75, 3.05) is 5.75 Å². The molecule has 0 saturated heterocycles. The number of carbonyl (C=O) groups excluding carboxylic acids is 2.